The van der Waals surface area contributed by atoms with Crippen molar-refractivity contribution in [1.82, 2.24) is 19.8 Å². The van der Waals surface area contributed by atoms with Crippen molar-refractivity contribution in [2.45, 2.75) is 20.0 Å². The van der Waals surface area contributed by atoms with Crippen LogP contribution in [0.15, 0.2) is 42.5 Å². The second kappa shape index (κ2) is 5.91. The molecule has 8 heteroatoms. The molecule has 0 amide bonds. The minimum Gasteiger partial charge on any atom is -0.182 e. The van der Waals surface area contributed by atoms with Crippen molar-refractivity contribution in [3.63, 3.8) is 0 Å². The van der Waals surface area contributed by atoms with Gasteiger partial charge in [0, 0.05) is 11.1 Å². The molecule has 0 saturated carbocycles. The highest BCUT2D eigenvalue weighted by atomic mass is 32.1. The summed E-state index contributed by atoms with van der Waals surface area (Å²) in [6.45, 7) is 4.01. The monoisotopic (exact) mass is 374 g/mol. The van der Waals surface area contributed by atoms with Gasteiger partial charge in [-0.05, 0) is 31.5 Å². The van der Waals surface area contributed by atoms with E-state index in [2.05, 4.69) is 21.4 Å². The van der Waals surface area contributed by atoms with E-state index in [4.69, 9.17) is 0 Å². The Morgan fingerprint density at radius 3 is 2.54 bits per heavy atom. The molecule has 132 valence electrons. The van der Waals surface area contributed by atoms with E-state index in [0.717, 1.165) is 33.8 Å². The summed E-state index contributed by atoms with van der Waals surface area (Å²) < 4.78 is 40.4. The van der Waals surface area contributed by atoms with Gasteiger partial charge in [0.05, 0.1) is 5.56 Å². The van der Waals surface area contributed by atoms with Crippen molar-refractivity contribution in [3.8, 4) is 22.0 Å². The smallest absolute Gasteiger partial charge is 0.182 e. The van der Waals surface area contributed by atoms with E-state index in [1.54, 1.807) is 6.07 Å². The van der Waals surface area contributed by atoms with Crippen molar-refractivity contribution in [2.75, 3.05) is 0 Å². The minimum atomic E-state index is -4.41. The molecule has 0 bridgehead atoms. The molecule has 0 radical (unpaired) electrons. The first kappa shape index (κ1) is 16.7. The van der Waals surface area contributed by atoms with Gasteiger partial charge in [-0.1, -0.05) is 47.2 Å². The third kappa shape index (κ3) is 2.86. The van der Waals surface area contributed by atoms with E-state index in [0.29, 0.717) is 16.3 Å². The van der Waals surface area contributed by atoms with Crippen LogP contribution in [0.2, 0.25) is 0 Å². The average molecular weight is 374 g/mol. The summed E-state index contributed by atoms with van der Waals surface area (Å²) in [4.78, 5) is 0.535. The summed E-state index contributed by atoms with van der Waals surface area (Å²) >= 11 is 1.35. The summed E-state index contributed by atoms with van der Waals surface area (Å²) in [6, 6.07) is 11.1. The summed E-state index contributed by atoms with van der Waals surface area (Å²) in [5, 5.41) is 13.4. The van der Waals surface area contributed by atoms with Gasteiger partial charge in [-0.15, -0.1) is 10.2 Å². The van der Waals surface area contributed by atoms with Crippen LogP contribution in [0.3, 0.4) is 0 Å². The fourth-order valence-corrected chi connectivity index (χ4v) is 3.72. The number of hydrogen-bond acceptors (Lipinski definition) is 4. The molecule has 4 aromatic rings. The number of fused-ring (bicyclic) bond motifs is 1. The highest BCUT2D eigenvalue weighted by molar-refractivity contribution is 7.19. The van der Waals surface area contributed by atoms with E-state index in [1.807, 2.05) is 26.0 Å². The summed E-state index contributed by atoms with van der Waals surface area (Å²) in [5.74, 6) is 0.290. The fourth-order valence-electron chi connectivity index (χ4n) is 2.79. The van der Waals surface area contributed by atoms with Crippen LogP contribution in [0.5, 0.6) is 0 Å². The van der Waals surface area contributed by atoms with Gasteiger partial charge in [0.25, 0.3) is 0 Å². The molecule has 4 nitrogen and oxygen atoms in total. The molecule has 0 aliphatic carbocycles. The number of benzene rings is 2. The van der Waals surface area contributed by atoms with Crippen molar-refractivity contribution >= 4 is 16.3 Å². The summed E-state index contributed by atoms with van der Waals surface area (Å²) in [5.41, 5.74) is 2.80. The van der Waals surface area contributed by atoms with Crippen molar-refractivity contribution < 1.29 is 13.2 Å². The van der Waals surface area contributed by atoms with E-state index >= 15 is 0 Å². The van der Waals surface area contributed by atoms with Crippen LogP contribution in [0.1, 0.15) is 16.7 Å². The normalized spacial score (nSPS) is 12.0. The topological polar surface area (TPSA) is 43.1 Å². The maximum absolute atomic E-state index is 13.0. The van der Waals surface area contributed by atoms with Crippen LogP contribution in [-0.4, -0.2) is 19.8 Å². The van der Waals surface area contributed by atoms with E-state index in [-0.39, 0.29) is 0 Å². The molecule has 2 aromatic carbocycles. The first-order valence-corrected chi connectivity index (χ1v) is 8.62. The molecule has 0 fully saturated rings. The van der Waals surface area contributed by atoms with Crippen molar-refractivity contribution in [2.24, 2.45) is 0 Å². The molecule has 0 aliphatic rings. The molecule has 0 saturated heterocycles. The Kier molecular flexibility index (Phi) is 3.80. The predicted octanol–water partition coefficient (Wildman–Crippen LogP) is 5.16. The Morgan fingerprint density at radius 1 is 1.00 bits per heavy atom. The molecule has 2 aromatic heterocycles. The van der Waals surface area contributed by atoms with Gasteiger partial charge in [-0.3, -0.25) is 0 Å². The first-order chi connectivity index (χ1) is 12.3. The van der Waals surface area contributed by atoms with E-state index in [9.17, 15) is 13.2 Å². The third-order valence-electron chi connectivity index (χ3n) is 4.05. The highest BCUT2D eigenvalue weighted by Gasteiger charge is 2.31. The van der Waals surface area contributed by atoms with Gasteiger partial charge in [-0.2, -0.15) is 22.8 Å². The predicted molar refractivity (Wildman–Crippen MR) is 94.0 cm³/mol. The molecular weight excluding hydrogens is 361 g/mol. The second-order valence-corrected chi connectivity index (χ2v) is 6.98. The number of aryl methyl sites for hydroxylation is 2. The minimum absolute atomic E-state index is 0.290. The van der Waals surface area contributed by atoms with Crippen LogP contribution >= 0.6 is 11.3 Å². The van der Waals surface area contributed by atoms with E-state index < -0.39 is 11.7 Å². The zero-order valence-electron chi connectivity index (χ0n) is 13.9. The van der Waals surface area contributed by atoms with Gasteiger partial charge in [-0.25, -0.2) is 0 Å². The second-order valence-electron chi connectivity index (χ2n) is 6.02. The number of halogens is 3. The van der Waals surface area contributed by atoms with Gasteiger partial charge >= 0.3 is 6.18 Å². The number of aromatic nitrogens is 4. The Bertz CT molecular complexity index is 1110. The molecule has 0 N–H and O–H groups in total. The summed E-state index contributed by atoms with van der Waals surface area (Å²) in [6.07, 6.45) is -4.41. The van der Waals surface area contributed by atoms with Crippen LogP contribution in [0.4, 0.5) is 13.2 Å². The molecule has 0 aliphatic heterocycles. The van der Waals surface area contributed by atoms with Crippen molar-refractivity contribution in [3.05, 3.63) is 59.2 Å². The number of nitrogens with zero attached hydrogens (tertiary/aromatic N) is 4. The van der Waals surface area contributed by atoms with Gasteiger partial charge in [0.2, 0.25) is 4.96 Å². The lowest BCUT2D eigenvalue weighted by Crippen LogP contribution is -2.05. The lowest BCUT2D eigenvalue weighted by atomic mass is 10.1. The quantitative estimate of drug-likeness (QED) is 0.487. The average Bonchev–Trinajstić information content (AvgIpc) is 3.14. The fraction of sp³-hybridized carbons (Fsp3) is 0.167. The highest BCUT2D eigenvalue weighted by Crippen LogP contribution is 2.33. The maximum atomic E-state index is 13.0. The lowest BCUT2D eigenvalue weighted by molar-refractivity contribution is -0.137. The van der Waals surface area contributed by atoms with E-state index in [1.165, 1.54) is 21.9 Å². The van der Waals surface area contributed by atoms with Crippen LogP contribution < -0.4 is 0 Å². The molecular formula is C18H13F3N4S. The Labute approximate surface area is 150 Å². The Balaban J connectivity index is 1.82. The van der Waals surface area contributed by atoms with Gasteiger partial charge in [0.15, 0.2) is 5.82 Å². The van der Waals surface area contributed by atoms with Crippen LogP contribution in [0, 0.1) is 13.8 Å². The molecule has 2 heterocycles. The number of hydrogen-bond donors (Lipinski definition) is 0. The maximum Gasteiger partial charge on any atom is 0.416 e. The zero-order chi connectivity index (χ0) is 18.5. The molecule has 0 spiro atoms. The molecule has 26 heavy (non-hydrogen) atoms. The largest absolute Gasteiger partial charge is 0.416 e. The Hall–Kier alpha value is -2.74. The SMILES string of the molecule is Cc1ccc(-c2nn3c(-c4cccc(C(F)(F)F)c4)nnc3s2)c(C)c1. The standard InChI is InChI=1S/C18H13F3N4S/c1-10-6-7-14(11(2)8-10)16-24-25-15(22-23-17(25)26-16)12-4-3-5-13(9-12)18(19,20)21/h3-9H,1-2H3. The van der Waals surface area contributed by atoms with Crippen LogP contribution in [0.25, 0.3) is 26.9 Å². The Morgan fingerprint density at radius 2 is 1.81 bits per heavy atom. The first-order valence-electron chi connectivity index (χ1n) is 7.80. The van der Waals surface area contributed by atoms with Gasteiger partial charge in [0.1, 0.15) is 5.01 Å². The van der Waals surface area contributed by atoms with Gasteiger partial charge < -0.3 is 0 Å². The van der Waals surface area contributed by atoms with Crippen LogP contribution in [-0.2, 0) is 6.18 Å². The number of alkyl halides is 3. The number of rotatable bonds is 2. The molecule has 0 unspecified atom stereocenters. The van der Waals surface area contributed by atoms with Crippen molar-refractivity contribution in [1.29, 1.82) is 0 Å². The zero-order valence-corrected chi connectivity index (χ0v) is 14.7. The third-order valence-corrected chi connectivity index (χ3v) is 4.98. The molecule has 4 rings (SSSR count). The molecule has 0 atom stereocenters. The summed E-state index contributed by atoms with van der Waals surface area (Å²) in [7, 11) is 0. The lowest BCUT2D eigenvalue weighted by Gasteiger charge is -2.07.